The lowest BCUT2D eigenvalue weighted by Gasteiger charge is -2.40. The number of piperidine rings is 1. The summed E-state index contributed by atoms with van der Waals surface area (Å²) in [5.74, 6) is 0.813. The number of carbonyl (C=O) groups is 1. The maximum atomic E-state index is 12.7. The summed E-state index contributed by atoms with van der Waals surface area (Å²) in [7, 11) is 1.81. The third-order valence-electron chi connectivity index (χ3n) is 6.48. The molecule has 1 aromatic rings. The zero-order valence-corrected chi connectivity index (χ0v) is 19.8. The molecule has 3 aliphatic heterocycles. The molecule has 3 aliphatic rings. The predicted octanol–water partition coefficient (Wildman–Crippen LogP) is 3.66. The smallest absolute Gasteiger partial charge is 0.410 e. The van der Waals surface area contributed by atoms with Gasteiger partial charge in [0, 0.05) is 50.5 Å². The molecule has 2 atom stereocenters. The van der Waals surface area contributed by atoms with Crippen LogP contribution in [0.5, 0.6) is 0 Å². The highest BCUT2D eigenvalue weighted by Crippen LogP contribution is 2.36. The topological polar surface area (TPSA) is 69.2 Å². The number of guanidine groups is 1. The number of nitrogens with zero attached hydrogens (tertiary/aromatic N) is 3. The van der Waals surface area contributed by atoms with Crippen LogP contribution in [0.25, 0.3) is 0 Å². The molecule has 3 heterocycles. The maximum Gasteiger partial charge on any atom is 0.410 e. The summed E-state index contributed by atoms with van der Waals surface area (Å²) in [4.78, 5) is 21.4. The molecule has 1 amide bonds. The number of nitrogens with one attached hydrogen (secondary N) is 2. The number of fused-ring (bicyclic) bond motifs is 2. The van der Waals surface area contributed by atoms with E-state index in [9.17, 15) is 4.79 Å². The van der Waals surface area contributed by atoms with Gasteiger partial charge in [-0.2, -0.15) is 0 Å². The van der Waals surface area contributed by atoms with Crippen LogP contribution in [-0.2, 0) is 11.3 Å². The van der Waals surface area contributed by atoms with E-state index in [1.807, 2.05) is 32.7 Å². The molecular weight excluding hydrogens is 402 g/mol. The maximum absolute atomic E-state index is 12.7. The van der Waals surface area contributed by atoms with Gasteiger partial charge in [-0.05, 0) is 64.2 Å². The zero-order valence-electron chi connectivity index (χ0n) is 19.8. The Hall–Kier alpha value is -2.70. The average molecular weight is 440 g/mol. The number of amides is 1. The Balaban J connectivity index is 1.27. The number of benzene rings is 1. The lowest BCUT2D eigenvalue weighted by Crippen LogP contribution is -2.54. The van der Waals surface area contributed by atoms with Gasteiger partial charge in [0.2, 0.25) is 0 Å². The summed E-state index contributed by atoms with van der Waals surface area (Å²) in [5.41, 5.74) is 2.03. The number of hydrogen-bond acceptors (Lipinski definition) is 4. The molecule has 2 fully saturated rings. The third-order valence-corrected chi connectivity index (χ3v) is 6.48. The molecular formula is C25H37N5O2. The molecule has 2 bridgehead atoms. The molecule has 4 rings (SSSR count). The van der Waals surface area contributed by atoms with Gasteiger partial charge in [0.15, 0.2) is 5.96 Å². The molecule has 0 aliphatic carbocycles. The molecule has 0 saturated carbocycles. The molecule has 0 aromatic heterocycles. The highest BCUT2D eigenvalue weighted by Gasteiger charge is 2.45. The molecule has 7 nitrogen and oxygen atoms in total. The molecule has 2 saturated heterocycles. The summed E-state index contributed by atoms with van der Waals surface area (Å²) < 4.78 is 5.65. The van der Waals surface area contributed by atoms with E-state index < -0.39 is 5.60 Å². The highest BCUT2D eigenvalue weighted by molar-refractivity contribution is 5.80. The Morgan fingerprint density at radius 1 is 1.09 bits per heavy atom. The first-order chi connectivity index (χ1) is 15.3. The van der Waals surface area contributed by atoms with E-state index >= 15 is 0 Å². The second-order valence-corrected chi connectivity index (χ2v) is 10.1. The van der Waals surface area contributed by atoms with Crippen molar-refractivity contribution in [2.45, 2.75) is 76.7 Å². The minimum atomic E-state index is -0.457. The third kappa shape index (κ3) is 5.37. The van der Waals surface area contributed by atoms with Crippen molar-refractivity contribution in [3.63, 3.8) is 0 Å². The van der Waals surface area contributed by atoms with Crippen molar-refractivity contribution in [1.82, 2.24) is 15.5 Å². The van der Waals surface area contributed by atoms with Gasteiger partial charge in [0.25, 0.3) is 0 Å². The monoisotopic (exact) mass is 439 g/mol. The standard InChI is InChI=1S/C25H37N5O2/c1-25(2,3)32-24(31)30-21-11-12-22(30)16-19(15-21)28-23(26-4)27-17-18-7-9-20(10-8-18)29-13-5-6-14-29/h5-10,19,21-22H,11-17H2,1-4H3,(H2,26,27,28). The van der Waals surface area contributed by atoms with Crippen LogP contribution >= 0.6 is 0 Å². The first-order valence-electron chi connectivity index (χ1n) is 11.8. The molecule has 2 N–H and O–H groups in total. The SMILES string of the molecule is CN=C(NCc1ccc(N2CC=CC2)cc1)NC1CC2CCC(C1)N2C(=O)OC(C)(C)C. The van der Waals surface area contributed by atoms with Crippen molar-refractivity contribution in [2.24, 2.45) is 4.99 Å². The first-order valence-corrected chi connectivity index (χ1v) is 11.8. The van der Waals surface area contributed by atoms with Gasteiger partial charge >= 0.3 is 6.09 Å². The van der Waals surface area contributed by atoms with Crippen LogP contribution in [-0.4, -0.2) is 60.8 Å². The summed E-state index contributed by atoms with van der Waals surface area (Å²) in [6, 6.07) is 9.51. The number of hydrogen-bond donors (Lipinski definition) is 2. The Labute approximate surface area is 191 Å². The van der Waals surface area contributed by atoms with Crippen LogP contribution in [0.15, 0.2) is 41.4 Å². The molecule has 174 valence electrons. The van der Waals surface area contributed by atoms with E-state index in [0.717, 1.165) is 51.3 Å². The Bertz CT molecular complexity index is 836. The summed E-state index contributed by atoms with van der Waals surface area (Å²) in [6.07, 6.45) is 8.19. The minimum absolute atomic E-state index is 0.167. The van der Waals surface area contributed by atoms with Crippen LogP contribution in [0.1, 0.15) is 52.0 Å². The number of aliphatic imine (C=N–C) groups is 1. The summed E-state index contributed by atoms with van der Waals surface area (Å²) in [5, 5.41) is 7.03. The van der Waals surface area contributed by atoms with E-state index in [2.05, 4.69) is 56.9 Å². The van der Waals surface area contributed by atoms with Crippen molar-refractivity contribution in [1.29, 1.82) is 0 Å². The van der Waals surface area contributed by atoms with Crippen LogP contribution in [0.4, 0.5) is 10.5 Å². The van der Waals surface area contributed by atoms with Crippen molar-refractivity contribution >= 4 is 17.7 Å². The van der Waals surface area contributed by atoms with Gasteiger partial charge in [0.05, 0.1) is 0 Å². The Kier molecular flexibility index (Phi) is 6.63. The fourth-order valence-electron chi connectivity index (χ4n) is 4.99. The number of rotatable bonds is 4. The molecule has 2 unspecified atom stereocenters. The van der Waals surface area contributed by atoms with Gasteiger partial charge < -0.3 is 25.2 Å². The summed E-state index contributed by atoms with van der Waals surface area (Å²) >= 11 is 0. The number of anilines is 1. The van der Waals surface area contributed by atoms with Gasteiger partial charge in [0.1, 0.15) is 5.60 Å². The zero-order chi connectivity index (χ0) is 22.7. The molecule has 1 aromatic carbocycles. The largest absolute Gasteiger partial charge is 0.444 e. The minimum Gasteiger partial charge on any atom is -0.444 e. The quantitative estimate of drug-likeness (QED) is 0.426. The van der Waals surface area contributed by atoms with E-state index in [4.69, 9.17) is 4.74 Å². The van der Waals surface area contributed by atoms with Crippen LogP contribution in [0.2, 0.25) is 0 Å². The molecule has 32 heavy (non-hydrogen) atoms. The van der Waals surface area contributed by atoms with Gasteiger partial charge in [-0.25, -0.2) is 4.79 Å². The van der Waals surface area contributed by atoms with E-state index in [1.54, 1.807) is 0 Å². The van der Waals surface area contributed by atoms with Gasteiger partial charge in [-0.3, -0.25) is 4.99 Å². The van der Waals surface area contributed by atoms with Crippen molar-refractivity contribution < 1.29 is 9.53 Å². The van der Waals surface area contributed by atoms with Crippen LogP contribution < -0.4 is 15.5 Å². The fourth-order valence-corrected chi connectivity index (χ4v) is 4.99. The number of ether oxygens (including phenoxy) is 1. The molecule has 0 spiro atoms. The van der Waals surface area contributed by atoms with Gasteiger partial charge in [-0.1, -0.05) is 24.3 Å². The van der Waals surface area contributed by atoms with E-state index in [1.165, 1.54) is 11.3 Å². The second kappa shape index (κ2) is 9.43. The molecule has 0 radical (unpaired) electrons. The lowest BCUT2D eigenvalue weighted by molar-refractivity contribution is 0.00545. The Morgan fingerprint density at radius 3 is 2.28 bits per heavy atom. The average Bonchev–Trinajstić information content (AvgIpc) is 3.37. The lowest BCUT2D eigenvalue weighted by atomic mass is 9.98. The van der Waals surface area contributed by atoms with E-state index in [-0.39, 0.29) is 18.2 Å². The molecule has 7 heteroatoms. The van der Waals surface area contributed by atoms with Crippen LogP contribution in [0, 0.1) is 0 Å². The normalized spacial score (nSPS) is 25.2. The predicted molar refractivity (Wildman–Crippen MR) is 129 cm³/mol. The van der Waals surface area contributed by atoms with E-state index in [0.29, 0.717) is 6.04 Å². The first kappa shape index (κ1) is 22.5. The van der Waals surface area contributed by atoms with Gasteiger partial charge in [-0.15, -0.1) is 0 Å². The summed E-state index contributed by atoms with van der Waals surface area (Å²) in [6.45, 7) is 8.48. The number of carbonyl (C=O) groups excluding carboxylic acids is 1. The second-order valence-electron chi connectivity index (χ2n) is 10.1. The fraction of sp³-hybridized carbons (Fsp3) is 0.600. The van der Waals surface area contributed by atoms with Crippen LogP contribution in [0.3, 0.4) is 0 Å². The Morgan fingerprint density at radius 2 is 1.72 bits per heavy atom. The van der Waals surface area contributed by atoms with Crippen molar-refractivity contribution in [3.8, 4) is 0 Å². The highest BCUT2D eigenvalue weighted by atomic mass is 16.6. The van der Waals surface area contributed by atoms with Crippen molar-refractivity contribution in [2.75, 3.05) is 25.0 Å². The van der Waals surface area contributed by atoms with Crippen molar-refractivity contribution in [3.05, 3.63) is 42.0 Å².